The zero-order valence-corrected chi connectivity index (χ0v) is 16.8. The van der Waals surface area contributed by atoms with Crippen molar-refractivity contribution in [1.82, 2.24) is 5.32 Å². The Morgan fingerprint density at radius 1 is 1.25 bits per heavy atom. The first-order valence-corrected chi connectivity index (χ1v) is 9.45. The van der Waals surface area contributed by atoms with E-state index in [1.165, 1.54) is 0 Å². The number of Topliss-reactive ketones (excluding diaryl/α,β-unsaturated/α-hetero) is 1. The first kappa shape index (κ1) is 21.5. The minimum absolute atomic E-state index is 0.138. The zero-order chi connectivity index (χ0) is 20.8. The van der Waals surface area contributed by atoms with Gasteiger partial charge in [-0.15, -0.1) is 0 Å². The molecular weight excluding hydrogens is 358 g/mol. The zero-order valence-electron chi connectivity index (χ0n) is 16.8. The van der Waals surface area contributed by atoms with Crippen molar-refractivity contribution in [3.05, 3.63) is 35.9 Å². The van der Waals surface area contributed by atoms with Crippen LogP contribution in [0.5, 0.6) is 0 Å². The SMILES string of the molecule is CCOC(=O)C1(C(C#Cc2ccccc2)NC(=O)OC(C)(C)C)CCCC1=O. The fourth-order valence-corrected chi connectivity index (χ4v) is 3.17. The molecule has 2 unspecified atom stereocenters. The van der Waals surface area contributed by atoms with Gasteiger partial charge in [-0.05, 0) is 52.7 Å². The summed E-state index contributed by atoms with van der Waals surface area (Å²) in [5.74, 6) is 4.95. The lowest BCUT2D eigenvalue weighted by molar-refractivity contribution is -0.159. The molecule has 0 bridgehead atoms. The molecule has 1 aromatic carbocycles. The van der Waals surface area contributed by atoms with Gasteiger partial charge in [0.05, 0.1) is 6.61 Å². The van der Waals surface area contributed by atoms with Crippen molar-refractivity contribution in [2.45, 2.75) is 58.6 Å². The number of esters is 1. The second-order valence-electron chi connectivity index (χ2n) is 7.68. The number of ether oxygens (including phenoxy) is 2. The topological polar surface area (TPSA) is 81.7 Å². The Kier molecular flexibility index (Phi) is 6.85. The molecule has 0 aliphatic heterocycles. The van der Waals surface area contributed by atoms with Crippen molar-refractivity contribution in [3.8, 4) is 11.8 Å². The van der Waals surface area contributed by atoms with Gasteiger partial charge >= 0.3 is 12.1 Å². The highest BCUT2D eigenvalue weighted by atomic mass is 16.6. The third kappa shape index (κ3) is 5.13. The van der Waals surface area contributed by atoms with E-state index in [0.717, 1.165) is 0 Å². The summed E-state index contributed by atoms with van der Waals surface area (Å²) >= 11 is 0. The molecule has 1 saturated carbocycles. The van der Waals surface area contributed by atoms with E-state index < -0.39 is 29.1 Å². The maximum atomic E-state index is 12.8. The number of alkyl carbamates (subject to hydrolysis) is 1. The molecule has 1 amide bonds. The summed E-state index contributed by atoms with van der Waals surface area (Å²) in [6.45, 7) is 7.02. The number of hydrogen-bond acceptors (Lipinski definition) is 5. The Hall–Kier alpha value is -2.81. The van der Waals surface area contributed by atoms with E-state index in [1.54, 1.807) is 27.7 Å². The van der Waals surface area contributed by atoms with Gasteiger partial charge in [-0.3, -0.25) is 9.59 Å². The fraction of sp³-hybridized carbons (Fsp3) is 0.500. The van der Waals surface area contributed by atoms with Crippen molar-refractivity contribution in [3.63, 3.8) is 0 Å². The number of carbonyl (C=O) groups is 3. The van der Waals surface area contributed by atoms with Crippen molar-refractivity contribution in [1.29, 1.82) is 0 Å². The molecule has 0 spiro atoms. The third-order valence-corrected chi connectivity index (χ3v) is 4.40. The van der Waals surface area contributed by atoms with E-state index >= 15 is 0 Å². The van der Waals surface area contributed by atoms with Crippen LogP contribution in [0, 0.1) is 17.3 Å². The summed E-state index contributed by atoms with van der Waals surface area (Å²) in [5.41, 5.74) is -1.53. The van der Waals surface area contributed by atoms with Crippen LogP contribution in [0.3, 0.4) is 0 Å². The molecule has 1 aliphatic carbocycles. The lowest BCUT2D eigenvalue weighted by Gasteiger charge is -2.31. The van der Waals surface area contributed by atoms with Crippen molar-refractivity contribution in [2.24, 2.45) is 5.41 Å². The van der Waals surface area contributed by atoms with Gasteiger partial charge in [-0.2, -0.15) is 0 Å². The Balaban J connectivity index is 2.43. The Bertz CT molecular complexity index is 785. The van der Waals surface area contributed by atoms with E-state index in [0.29, 0.717) is 12.0 Å². The lowest BCUT2D eigenvalue weighted by Crippen LogP contribution is -2.55. The maximum absolute atomic E-state index is 12.8. The van der Waals surface area contributed by atoms with Gasteiger partial charge in [0.1, 0.15) is 11.6 Å². The Labute approximate surface area is 166 Å². The quantitative estimate of drug-likeness (QED) is 0.489. The van der Waals surface area contributed by atoms with E-state index in [1.807, 2.05) is 30.3 Å². The van der Waals surface area contributed by atoms with Gasteiger partial charge in [0.15, 0.2) is 11.2 Å². The van der Waals surface area contributed by atoms with Crippen molar-refractivity contribution >= 4 is 17.8 Å². The molecule has 1 aliphatic rings. The summed E-state index contributed by atoms with van der Waals surface area (Å²) in [7, 11) is 0. The van der Waals surface area contributed by atoms with Crippen molar-refractivity contribution in [2.75, 3.05) is 6.61 Å². The maximum Gasteiger partial charge on any atom is 0.408 e. The van der Waals surface area contributed by atoms with E-state index in [4.69, 9.17) is 9.47 Å². The van der Waals surface area contributed by atoms with Crippen LogP contribution in [-0.4, -0.2) is 36.1 Å². The summed E-state index contributed by atoms with van der Waals surface area (Å²) in [5, 5.41) is 2.64. The smallest absolute Gasteiger partial charge is 0.408 e. The number of hydrogen-bond donors (Lipinski definition) is 1. The van der Waals surface area contributed by atoms with Crippen LogP contribution >= 0.6 is 0 Å². The molecule has 2 atom stereocenters. The highest BCUT2D eigenvalue weighted by Crippen LogP contribution is 2.39. The van der Waals surface area contributed by atoms with Crippen LogP contribution < -0.4 is 5.32 Å². The van der Waals surface area contributed by atoms with Gasteiger partial charge < -0.3 is 14.8 Å². The summed E-state index contributed by atoms with van der Waals surface area (Å²) in [6.07, 6.45) is 0.327. The number of rotatable bonds is 4. The van der Waals surface area contributed by atoms with E-state index in [9.17, 15) is 14.4 Å². The first-order chi connectivity index (χ1) is 13.2. The molecule has 28 heavy (non-hydrogen) atoms. The summed E-state index contributed by atoms with van der Waals surface area (Å²) in [6, 6.07) is 8.11. The van der Waals surface area contributed by atoms with Gasteiger partial charge in [-0.1, -0.05) is 30.0 Å². The molecule has 0 aromatic heterocycles. The number of amides is 1. The molecule has 150 valence electrons. The monoisotopic (exact) mass is 385 g/mol. The normalized spacial score (nSPS) is 19.9. The van der Waals surface area contributed by atoms with Crippen LogP contribution in [0.15, 0.2) is 30.3 Å². The molecular formula is C22H27NO5. The van der Waals surface area contributed by atoms with Gasteiger partial charge in [0.2, 0.25) is 0 Å². The van der Waals surface area contributed by atoms with E-state index in [-0.39, 0.29) is 25.2 Å². The molecule has 0 heterocycles. The first-order valence-electron chi connectivity index (χ1n) is 9.45. The minimum Gasteiger partial charge on any atom is -0.465 e. The predicted octanol–water partition coefficient (Wildman–Crippen LogP) is 3.23. The molecule has 0 saturated heterocycles. The van der Waals surface area contributed by atoms with Crippen LogP contribution in [0.1, 0.15) is 52.5 Å². The fourth-order valence-electron chi connectivity index (χ4n) is 3.17. The summed E-state index contributed by atoms with van der Waals surface area (Å²) < 4.78 is 10.5. The third-order valence-electron chi connectivity index (χ3n) is 4.40. The van der Waals surface area contributed by atoms with Crippen molar-refractivity contribution < 1.29 is 23.9 Å². The Morgan fingerprint density at radius 2 is 1.93 bits per heavy atom. The highest BCUT2D eigenvalue weighted by molar-refractivity contribution is 6.07. The second kappa shape index (κ2) is 8.92. The number of ketones is 1. The van der Waals surface area contributed by atoms with Gasteiger partial charge in [0.25, 0.3) is 0 Å². The van der Waals surface area contributed by atoms with Crippen LogP contribution in [0.2, 0.25) is 0 Å². The predicted molar refractivity (Wildman–Crippen MR) is 104 cm³/mol. The second-order valence-corrected chi connectivity index (χ2v) is 7.68. The standard InChI is InChI=1S/C22H27NO5/c1-5-27-19(25)22(15-9-12-18(22)24)17(23-20(26)28-21(2,3)4)14-13-16-10-7-6-8-11-16/h6-8,10-11,17H,5,9,12,15H2,1-4H3,(H,23,26). The van der Waals surface area contributed by atoms with Crippen LogP contribution in [0.25, 0.3) is 0 Å². The van der Waals surface area contributed by atoms with E-state index in [2.05, 4.69) is 17.2 Å². The van der Waals surface area contributed by atoms with Gasteiger partial charge in [-0.25, -0.2) is 4.79 Å². The van der Waals surface area contributed by atoms with Crippen LogP contribution in [0.4, 0.5) is 4.79 Å². The number of nitrogens with one attached hydrogen (secondary N) is 1. The average molecular weight is 385 g/mol. The molecule has 1 N–H and O–H groups in total. The molecule has 2 rings (SSSR count). The lowest BCUT2D eigenvalue weighted by atomic mass is 9.77. The minimum atomic E-state index is -1.52. The molecule has 0 radical (unpaired) electrons. The number of carbonyl (C=O) groups excluding carboxylic acids is 3. The van der Waals surface area contributed by atoms with Gasteiger partial charge in [0, 0.05) is 12.0 Å². The molecule has 1 aromatic rings. The molecule has 6 heteroatoms. The summed E-state index contributed by atoms with van der Waals surface area (Å²) in [4.78, 5) is 38.0. The molecule has 1 fully saturated rings. The van der Waals surface area contributed by atoms with Crippen LogP contribution in [-0.2, 0) is 19.1 Å². The highest BCUT2D eigenvalue weighted by Gasteiger charge is 2.56. The largest absolute Gasteiger partial charge is 0.465 e. The number of benzene rings is 1. The average Bonchev–Trinajstić information content (AvgIpc) is 3.00. The Morgan fingerprint density at radius 3 is 2.46 bits per heavy atom. The molecule has 6 nitrogen and oxygen atoms in total.